The van der Waals surface area contributed by atoms with Crippen LogP contribution < -0.4 is 16.0 Å². The van der Waals surface area contributed by atoms with Crippen LogP contribution in [0.3, 0.4) is 0 Å². The lowest BCUT2D eigenvalue weighted by Gasteiger charge is -2.12. The van der Waals surface area contributed by atoms with Gasteiger partial charge in [0.1, 0.15) is 0 Å². The zero-order valence-electron chi connectivity index (χ0n) is 14.8. The number of unbranched alkanes of at least 4 members (excludes halogenated alkanes) is 2. The fourth-order valence-corrected chi connectivity index (χ4v) is 2.39. The molecule has 1 aromatic rings. The molecule has 0 fully saturated rings. The summed E-state index contributed by atoms with van der Waals surface area (Å²) in [6.45, 7) is 4.64. The summed E-state index contributed by atoms with van der Waals surface area (Å²) in [5, 5.41) is 8.73. The molecular weight excluding hydrogens is 342 g/mol. The number of carbonyl (C=O) groups is 3. The summed E-state index contributed by atoms with van der Waals surface area (Å²) in [5.74, 6) is -0.442. The standard InChI is InChI=1S/C18H26ClN3O3/c1-3-10-21-18(25)15-9-8-14(19)12-16(15)22-17(24)7-5-4-6-11-20-13(2)23/h8-9,12H,3-7,10-11H2,1-2H3,(H,20,23)(H,21,25)(H,22,24). The highest BCUT2D eigenvalue weighted by Gasteiger charge is 2.13. The van der Waals surface area contributed by atoms with Crippen molar-refractivity contribution in [3.05, 3.63) is 28.8 Å². The molecule has 0 aliphatic heterocycles. The molecule has 6 nitrogen and oxygen atoms in total. The van der Waals surface area contributed by atoms with Gasteiger partial charge >= 0.3 is 0 Å². The molecule has 0 radical (unpaired) electrons. The number of amides is 3. The molecule has 1 rings (SSSR count). The van der Waals surface area contributed by atoms with Gasteiger partial charge in [0, 0.05) is 31.5 Å². The van der Waals surface area contributed by atoms with Crippen molar-refractivity contribution in [1.29, 1.82) is 0 Å². The van der Waals surface area contributed by atoms with Crippen molar-refractivity contribution in [3.8, 4) is 0 Å². The molecule has 0 aliphatic carbocycles. The summed E-state index contributed by atoms with van der Waals surface area (Å²) in [5.41, 5.74) is 0.821. The molecule has 25 heavy (non-hydrogen) atoms. The minimum atomic E-state index is -0.232. The molecule has 0 bridgehead atoms. The van der Waals surface area contributed by atoms with E-state index in [-0.39, 0.29) is 17.7 Å². The van der Waals surface area contributed by atoms with Crippen molar-refractivity contribution in [3.63, 3.8) is 0 Å². The Morgan fingerprint density at radius 1 is 1.04 bits per heavy atom. The molecule has 0 aliphatic rings. The second kappa shape index (κ2) is 11.5. The van der Waals surface area contributed by atoms with Gasteiger partial charge in [-0.25, -0.2) is 0 Å². The van der Waals surface area contributed by atoms with Crippen molar-refractivity contribution in [2.75, 3.05) is 18.4 Å². The van der Waals surface area contributed by atoms with E-state index in [1.165, 1.54) is 6.92 Å². The highest BCUT2D eigenvalue weighted by molar-refractivity contribution is 6.31. The fourth-order valence-electron chi connectivity index (χ4n) is 2.22. The molecule has 3 N–H and O–H groups in total. The Bertz CT molecular complexity index is 605. The van der Waals surface area contributed by atoms with E-state index in [9.17, 15) is 14.4 Å². The van der Waals surface area contributed by atoms with Gasteiger partial charge in [-0.15, -0.1) is 0 Å². The lowest BCUT2D eigenvalue weighted by atomic mass is 10.1. The molecule has 0 heterocycles. The Kier molecular flexibility index (Phi) is 9.62. The first-order valence-electron chi connectivity index (χ1n) is 8.56. The molecule has 0 spiro atoms. The lowest BCUT2D eigenvalue weighted by Crippen LogP contribution is -2.25. The topological polar surface area (TPSA) is 87.3 Å². The maximum absolute atomic E-state index is 12.2. The van der Waals surface area contributed by atoms with Crippen molar-refractivity contribution in [2.24, 2.45) is 0 Å². The van der Waals surface area contributed by atoms with Crippen LogP contribution in [0, 0.1) is 0 Å². The van der Waals surface area contributed by atoms with Gasteiger partial charge in [0.2, 0.25) is 11.8 Å². The third kappa shape index (κ3) is 8.54. The normalized spacial score (nSPS) is 10.2. The summed E-state index contributed by atoms with van der Waals surface area (Å²) < 4.78 is 0. The first-order valence-corrected chi connectivity index (χ1v) is 8.94. The predicted octanol–water partition coefficient (Wildman–Crippen LogP) is 3.11. The molecule has 7 heteroatoms. The quantitative estimate of drug-likeness (QED) is 0.555. The maximum atomic E-state index is 12.2. The number of hydrogen-bond donors (Lipinski definition) is 3. The van der Waals surface area contributed by atoms with E-state index in [0.29, 0.717) is 42.2 Å². The number of rotatable bonds is 10. The largest absolute Gasteiger partial charge is 0.356 e. The molecule has 0 atom stereocenters. The van der Waals surface area contributed by atoms with Gasteiger partial charge in [-0.2, -0.15) is 0 Å². The fraction of sp³-hybridized carbons (Fsp3) is 0.500. The molecule has 0 unspecified atom stereocenters. The van der Waals surface area contributed by atoms with E-state index in [0.717, 1.165) is 19.3 Å². The molecular formula is C18H26ClN3O3. The van der Waals surface area contributed by atoms with Crippen molar-refractivity contribution in [1.82, 2.24) is 10.6 Å². The molecule has 1 aromatic carbocycles. The number of hydrogen-bond acceptors (Lipinski definition) is 3. The van der Waals surface area contributed by atoms with E-state index >= 15 is 0 Å². The zero-order chi connectivity index (χ0) is 18.7. The Labute approximate surface area is 153 Å². The third-order valence-corrected chi connectivity index (χ3v) is 3.73. The summed E-state index contributed by atoms with van der Waals surface area (Å²) in [6, 6.07) is 4.81. The van der Waals surface area contributed by atoms with E-state index in [2.05, 4.69) is 16.0 Å². The van der Waals surface area contributed by atoms with Gasteiger partial charge in [0.05, 0.1) is 11.3 Å². The summed E-state index contributed by atoms with van der Waals surface area (Å²) in [6.07, 6.45) is 3.56. The highest BCUT2D eigenvalue weighted by Crippen LogP contribution is 2.21. The summed E-state index contributed by atoms with van der Waals surface area (Å²) in [7, 11) is 0. The van der Waals surface area contributed by atoms with Crippen LogP contribution in [0.1, 0.15) is 56.3 Å². The van der Waals surface area contributed by atoms with Gasteiger partial charge in [-0.1, -0.05) is 24.9 Å². The van der Waals surface area contributed by atoms with Gasteiger partial charge in [-0.3, -0.25) is 14.4 Å². The minimum absolute atomic E-state index is 0.0485. The average molecular weight is 368 g/mol. The molecule has 3 amide bonds. The Morgan fingerprint density at radius 2 is 1.80 bits per heavy atom. The number of benzene rings is 1. The smallest absolute Gasteiger partial charge is 0.253 e. The van der Waals surface area contributed by atoms with Crippen LogP contribution >= 0.6 is 11.6 Å². The monoisotopic (exact) mass is 367 g/mol. The van der Waals surface area contributed by atoms with Gasteiger partial charge in [0.25, 0.3) is 5.91 Å². The second-order valence-electron chi connectivity index (χ2n) is 5.79. The van der Waals surface area contributed by atoms with Crippen molar-refractivity contribution in [2.45, 2.75) is 46.0 Å². The second-order valence-corrected chi connectivity index (χ2v) is 6.22. The zero-order valence-corrected chi connectivity index (χ0v) is 15.5. The van der Waals surface area contributed by atoms with Crippen LogP contribution in [-0.2, 0) is 9.59 Å². The highest BCUT2D eigenvalue weighted by atomic mass is 35.5. The van der Waals surface area contributed by atoms with Crippen LogP contribution in [0.2, 0.25) is 5.02 Å². The van der Waals surface area contributed by atoms with E-state index in [1.807, 2.05) is 6.92 Å². The summed E-state index contributed by atoms with van der Waals surface area (Å²) in [4.78, 5) is 35.0. The van der Waals surface area contributed by atoms with E-state index in [1.54, 1.807) is 18.2 Å². The van der Waals surface area contributed by atoms with E-state index in [4.69, 9.17) is 11.6 Å². The van der Waals surface area contributed by atoms with Crippen molar-refractivity contribution < 1.29 is 14.4 Å². The van der Waals surface area contributed by atoms with Gasteiger partial charge < -0.3 is 16.0 Å². The van der Waals surface area contributed by atoms with E-state index < -0.39 is 0 Å². The molecule has 0 saturated carbocycles. The van der Waals surface area contributed by atoms with Crippen molar-refractivity contribution >= 4 is 35.0 Å². The molecule has 138 valence electrons. The van der Waals surface area contributed by atoms with Gasteiger partial charge in [0.15, 0.2) is 0 Å². The SMILES string of the molecule is CCCNC(=O)c1ccc(Cl)cc1NC(=O)CCCCCNC(C)=O. The lowest BCUT2D eigenvalue weighted by molar-refractivity contribution is -0.119. The first kappa shape index (κ1) is 21.0. The van der Waals surface area contributed by atoms with Crippen LogP contribution in [0.4, 0.5) is 5.69 Å². The number of halogens is 1. The average Bonchev–Trinajstić information content (AvgIpc) is 2.55. The van der Waals surface area contributed by atoms with Crippen LogP contribution in [0.15, 0.2) is 18.2 Å². The maximum Gasteiger partial charge on any atom is 0.253 e. The van der Waals surface area contributed by atoms with Crippen LogP contribution in [0.25, 0.3) is 0 Å². The first-order chi connectivity index (χ1) is 11.9. The Balaban J connectivity index is 2.51. The van der Waals surface area contributed by atoms with Crippen LogP contribution in [-0.4, -0.2) is 30.8 Å². The Hall–Kier alpha value is -2.08. The van der Waals surface area contributed by atoms with Crippen LogP contribution in [0.5, 0.6) is 0 Å². The van der Waals surface area contributed by atoms with Gasteiger partial charge in [-0.05, 0) is 37.5 Å². The third-order valence-electron chi connectivity index (χ3n) is 3.49. The predicted molar refractivity (Wildman–Crippen MR) is 99.9 cm³/mol. The Morgan fingerprint density at radius 3 is 2.48 bits per heavy atom. The number of anilines is 1. The number of nitrogens with one attached hydrogen (secondary N) is 3. The number of carbonyl (C=O) groups excluding carboxylic acids is 3. The minimum Gasteiger partial charge on any atom is -0.356 e. The summed E-state index contributed by atoms with van der Waals surface area (Å²) >= 11 is 5.98. The molecule has 0 aromatic heterocycles. The molecule has 0 saturated heterocycles.